The van der Waals surface area contributed by atoms with Crippen LogP contribution >= 0.6 is 0 Å². The number of carboxylic acid groups (broad SMARTS) is 1. The topological polar surface area (TPSA) is 78.4 Å². The number of amides is 2. The number of unbranched alkanes of at least 4 members (excludes halogenated alkanes) is 1. The van der Waals surface area contributed by atoms with Crippen LogP contribution < -0.4 is 10.6 Å². The molecule has 0 rings (SSSR count). The zero-order chi connectivity index (χ0) is 14.8. The maximum absolute atomic E-state index is 11.8. The van der Waals surface area contributed by atoms with Gasteiger partial charge in [0.1, 0.15) is 6.04 Å². The molecule has 0 spiro atoms. The molecule has 0 aromatic carbocycles. The van der Waals surface area contributed by atoms with E-state index in [9.17, 15) is 9.59 Å². The van der Waals surface area contributed by atoms with E-state index < -0.39 is 12.0 Å². The Labute approximate surface area is 116 Å². The van der Waals surface area contributed by atoms with Crippen molar-refractivity contribution in [1.82, 2.24) is 10.6 Å². The molecule has 3 N–H and O–H groups in total. The van der Waals surface area contributed by atoms with Crippen LogP contribution in [0.2, 0.25) is 0 Å². The molecule has 2 amide bonds. The largest absolute Gasteiger partial charge is 0.480 e. The molecule has 0 aromatic rings. The normalized spacial score (nSPS) is 13.9. The third kappa shape index (κ3) is 7.03. The van der Waals surface area contributed by atoms with E-state index in [1.165, 1.54) is 0 Å². The van der Waals surface area contributed by atoms with Crippen molar-refractivity contribution in [2.45, 2.75) is 71.9 Å². The maximum Gasteiger partial charge on any atom is 0.326 e. The van der Waals surface area contributed by atoms with Crippen molar-refractivity contribution < 1.29 is 14.7 Å². The Balaban J connectivity index is 4.29. The molecule has 2 atom stereocenters. The van der Waals surface area contributed by atoms with Crippen molar-refractivity contribution >= 4 is 12.0 Å². The number of carbonyl (C=O) groups is 2. The summed E-state index contributed by atoms with van der Waals surface area (Å²) in [6.45, 7) is 8.13. The van der Waals surface area contributed by atoms with E-state index >= 15 is 0 Å². The van der Waals surface area contributed by atoms with Gasteiger partial charge in [-0.2, -0.15) is 0 Å². The number of rotatable bonds is 9. The molecule has 0 aliphatic carbocycles. The van der Waals surface area contributed by atoms with Gasteiger partial charge in [-0.15, -0.1) is 0 Å². The van der Waals surface area contributed by atoms with Crippen LogP contribution in [0.3, 0.4) is 0 Å². The molecule has 0 saturated carbocycles. The fourth-order valence-electron chi connectivity index (χ4n) is 2.19. The van der Waals surface area contributed by atoms with Gasteiger partial charge < -0.3 is 15.7 Å². The van der Waals surface area contributed by atoms with Crippen LogP contribution in [0.1, 0.15) is 59.8 Å². The quantitative estimate of drug-likeness (QED) is 0.604. The summed E-state index contributed by atoms with van der Waals surface area (Å²) in [6.07, 6.45) is 4.17. The van der Waals surface area contributed by atoms with Crippen molar-refractivity contribution in [1.29, 1.82) is 0 Å². The lowest BCUT2D eigenvalue weighted by Crippen LogP contribution is -2.49. The van der Waals surface area contributed by atoms with E-state index in [2.05, 4.69) is 24.5 Å². The van der Waals surface area contributed by atoms with Crippen LogP contribution in [-0.2, 0) is 4.79 Å². The van der Waals surface area contributed by atoms with Gasteiger partial charge in [0.05, 0.1) is 0 Å². The molecule has 5 heteroatoms. The van der Waals surface area contributed by atoms with Gasteiger partial charge in [-0.1, -0.05) is 46.5 Å². The Morgan fingerprint density at radius 1 is 1.11 bits per heavy atom. The Bertz CT molecular complexity index is 278. The fourth-order valence-corrected chi connectivity index (χ4v) is 2.19. The molecule has 19 heavy (non-hydrogen) atoms. The molecule has 1 unspecified atom stereocenters. The van der Waals surface area contributed by atoms with Gasteiger partial charge in [0.2, 0.25) is 0 Å². The van der Waals surface area contributed by atoms with Crippen molar-refractivity contribution in [3.8, 4) is 0 Å². The van der Waals surface area contributed by atoms with Gasteiger partial charge in [0.15, 0.2) is 0 Å². The highest BCUT2D eigenvalue weighted by Crippen LogP contribution is 2.12. The summed E-state index contributed by atoms with van der Waals surface area (Å²) in [5, 5.41) is 14.4. The second kappa shape index (κ2) is 9.64. The summed E-state index contributed by atoms with van der Waals surface area (Å²) < 4.78 is 0. The Morgan fingerprint density at radius 3 is 2.11 bits per heavy atom. The molecule has 0 bridgehead atoms. The minimum absolute atomic E-state index is 0.0515. The highest BCUT2D eigenvalue weighted by molar-refractivity contribution is 5.82. The Hall–Kier alpha value is -1.26. The van der Waals surface area contributed by atoms with Gasteiger partial charge in [-0.05, 0) is 19.3 Å². The second-order valence-electron chi connectivity index (χ2n) is 5.02. The van der Waals surface area contributed by atoms with E-state index in [0.717, 1.165) is 25.7 Å². The zero-order valence-corrected chi connectivity index (χ0v) is 12.5. The third-order valence-corrected chi connectivity index (χ3v) is 3.56. The van der Waals surface area contributed by atoms with Crippen LogP contribution in [0.4, 0.5) is 4.79 Å². The van der Waals surface area contributed by atoms with Crippen molar-refractivity contribution in [3.05, 3.63) is 0 Å². The number of carboxylic acids is 1. The third-order valence-electron chi connectivity index (χ3n) is 3.56. The summed E-state index contributed by atoms with van der Waals surface area (Å²) in [4.78, 5) is 22.8. The first-order valence-corrected chi connectivity index (χ1v) is 7.25. The first-order valence-electron chi connectivity index (χ1n) is 7.25. The molecule has 112 valence electrons. The molecule has 0 aliphatic heterocycles. The average Bonchev–Trinajstić information content (AvgIpc) is 2.35. The highest BCUT2D eigenvalue weighted by atomic mass is 16.4. The molecule has 0 fully saturated rings. The van der Waals surface area contributed by atoms with Gasteiger partial charge >= 0.3 is 12.0 Å². The van der Waals surface area contributed by atoms with E-state index in [4.69, 9.17) is 5.11 Å². The molecule has 0 aliphatic rings. The first kappa shape index (κ1) is 17.7. The van der Waals surface area contributed by atoms with E-state index in [-0.39, 0.29) is 12.1 Å². The Morgan fingerprint density at radius 2 is 1.68 bits per heavy atom. The summed E-state index contributed by atoms with van der Waals surface area (Å²) in [6, 6.07) is -1.13. The maximum atomic E-state index is 11.8. The van der Waals surface area contributed by atoms with Crippen LogP contribution in [0, 0.1) is 5.92 Å². The minimum atomic E-state index is -0.973. The lowest BCUT2D eigenvalue weighted by Gasteiger charge is -2.24. The molecule has 0 radical (unpaired) electrons. The van der Waals surface area contributed by atoms with E-state index in [1.54, 1.807) is 0 Å². The van der Waals surface area contributed by atoms with Crippen molar-refractivity contribution in [3.63, 3.8) is 0 Å². The van der Waals surface area contributed by atoms with Crippen LogP contribution in [0.15, 0.2) is 0 Å². The van der Waals surface area contributed by atoms with Gasteiger partial charge in [-0.25, -0.2) is 9.59 Å². The van der Waals surface area contributed by atoms with Crippen LogP contribution in [-0.4, -0.2) is 29.2 Å². The number of hydrogen-bond acceptors (Lipinski definition) is 2. The van der Waals surface area contributed by atoms with Crippen LogP contribution in [0.5, 0.6) is 0 Å². The predicted molar refractivity (Wildman–Crippen MR) is 76.2 cm³/mol. The molecular formula is C14H28N2O3. The number of hydrogen-bond donors (Lipinski definition) is 3. The van der Waals surface area contributed by atoms with Crippen molar-refractivity contribution in [2.24, 2.45) is 5.92 Å². The monoisotopic (exact) mass is 272 g/mol. The Kier molecular flexibility index (Phi) is 9.00. The summed E-state index contributed by atoms with van der Waals surface area (Å²) in [5.74, 6) is -0.552. The van der Waals surface area contributed by atoms with Crippen molar-refractivity contribution in [2.75, 3.05) is 0 Å². The molecule has 0 aromatic heterocycles. The SMILES string of the molecule is CCCC[C@H](NC(=O)NC(C)C(CC)CC)C(=O)O. The summed E-state index contributed by atoms with van der Waals surface area (Å²) >= 11 is 0. The number of aliphatic carboxylic acids is 1. The van der Waals surface area contributed by atoms with E-state index in [1.807, 2.05) is 13.8 Å². The second-order valence-corrected chi connectivity index (χ2v) is 5.02. The lowest BCUT2D eigenvalue weighted by atomic mass is 9.96. The predicted octanol–water partition coefficient (Wildman–Crippen LogP) is 2.75. The zero-order valence-electron chi connectivity index (χ0n) is 12.5. The summed E-state index contributed by atoms with van der Waals surface area (Å²) in [7, 11) is 0. The van der Waals surface area contributed by atoms with Gasteiger partial charge in [0.25, 0.3) is 0 Å². The smallest absolute Gasteiger partial charge is 0.326 e. The molecular weight excluding hydrogens is 244 g/mol. The minimum Gasteiger partial charge on any atom is -0.480 e. The van der Waals surface area contributed by atoms with Gasteiger partial charge in [0, 0.05) is 6.04 Å². The number of urea groups is 1. The van der Waals surface area contributed by atoms with Crippen LogP contribution in [0.25, 0.3) is 0 Å². The average molecular weight is 272 g/mol. The highest BCUT2D eigenvalue weighted by Gasteiger charge is 2.21. The number of carbonyl (C=O) groups excluding carboxylic acids is 1. The van der Waals surface area contributed by atoms with E-state index in [0.29, 0.717) is 12.3 Å². The summed E-state index contributed by atoms with van der Waals surface area (Å²) in [5.41, 5.74) is 0. The molecule has 0 saturated heterocycles. The number of nitrogens with one attached hydrogen (secondary N) is 2. The molecule has 0 heterocycles. The molecule has 5 nitrogen and oxygen atoms in total. The van der Waals surface area contributed by atoms with Gasteiger partial charge in [-0.3, -0.25) is 0 Å². The standard InChI is InChI=1S/C14H28N2O3/c1-5-8-9-12(13(17)18)16-14(19)15-10(4)11(6-2)7-3/h10-12H,5-9H2,1-4H3,(H,17,18)(H2,15,16,19)/t10?,12-/m0/s1. The first-order chi connectivity index (χ1) is 8.96. The lowest BCUT2D eigenvalue weighted by molar-refractivity contribution is -0.139. The fraction of sp³-hybridized carbons (Fsp3) is 0.857.